The van der Waals surface area contributed by atoms with Gasteiger partial charge in [0.1, 0.15) is 0 Å². The average molecular weight is 228 g/mol. The van der Waals surface area contributed by atoms with Crippen molar-refractivity contribution in [3.63, 3.8) is 0 Å². The van der Waals surface area contributed by atoms with Crippen molar-refractivity contribution in [1.82, 2.24) is 10.2 Å². The van der Waals surface area contributed by atoms with E-state index >= 15 is 0 Å². The summed E-state index contributed by atoms with van der Waals surface area (Å²) in [4.78, 5) is 2.58. The Hall–Kier alpha value is -0.120. The predicted molar refractivity (Wildman–Crippen MR) is 68.8 cm³/mol. The van der Waals surface area contributed by atoms with Crippen LogP contribution in [0.4, 0.5) is 0 Å². The molecule has 0 aromatic heterocycles. The highest BCUT2D eigenvalue weighted by Crippen LogP contribution is 2.12. The first-order chi connectivity index (χ1) is 7.77. The molecule has 0 aromatic rings. The third-order valence-electron chi connectivity index (χ3n) is 3.53. The first-order valence-corrected chi connectivity index (χ1v) is 6.74. The van der Waals surface area contributed by atoms with Crippen LogP contribution < -0.4 is 5.32 Å². The summed E-state index contributed by atoms with van der Waals surface area (Å²) >= 11 is 0. The van der Waals surface area contributed by atoms with Crippen molar-refractivity contribution in [2.75, 3.05) is 33.4 Å². The molecule has 0 saturated carbocycles. The Morgan fingerprint density at radius 3 is 2.88 bits per heavy atom. The Labute approximate surface area is 101 Å². The maximum absolute atomic E-state index is 5.20. The highest BCUT2D eigenvalue weighted by Gasteiger charge is 2.20. The van der Waals surface area contributed by atoms with Gasteiger partial charge in [-0.15, -0.1) is 0 Å². The van der Waals surface area contributed by atoms with E-state index in [9.17, 15) is 0 Å². The van der Waals surface area contributed by atoms with Gasteiger partial charge in [-0.05, 0) is 32.7 Å². The van der Waals surface area contributed by atoms with Gasteiger partial charge in [0.25, 0.3) is 0 Å². The summed E-state index contributed by atoms with van der Waals surface area (Å²) < 4.78 is 5.20. The molecule has 0 radical (unpaired) electrons. The molecule has 1 heterocycles. The molecule has 96 valence electrons. The van der Waals surface area contributed by atoms with E-state index < -0.39 is 0 Å². The monoisotopic (exact) mass is 228 g/mol. The minimum absolute atomic E-state index is 0.683. The van der Waals surface area contributed by atoms with E-state index in [0.29, 0.717) is 12.1 Å². The topological polar surface area (TPSA) is 24.5 Å². The Balaban J connectivity index is 2.34. The Bertz CT molecular complexity index is 169. The fourth-order valence-corrected chi connectivity index (χ4v) is 2.50. The van der Waals surface area contributed by atoms with Gasteiger partial charge in [-0.1, -0.05) is 13.3 Å². The quantitative estimate of drug-likeness (QED) is 0.686. The van der Waals surface area contributed by atoms with Crippen molar-refractivity contribution in [2.45, 2.75) is 51.6 Å². The van der Waals surface area contributed by atoms with Gasteiger partial charge < -0.3 is 10.1 Å². The largest absolute Gasteiger partial charge is 0.383 e. The summed E-state index contributed by atoms with van der Waals surface area (Å²) in [6, 6.07) is 1.39. The Kier molecular flexibility index (Phi) is 7.01. The van der Waals surface area contributed by atoms with Crippen molar-refractivity contribution >= 4 is 0 Å². The zero-order valence-corrected chi connectivity index (χ0v) is 11.2. The molecular weight excluding hydrogens is 200 g/mol. The fraction of sp³-hybridized carbons (Fsp3) is 1.00. The van der Waals surface area contributed by atoms with Crippen LogP contribution in [0, 0.1) is 0 Å². The maximum Gasteiger partial charge on any atom is 0.0589 e. The number of hydrogen-bond acceptors (Lipinski definition) is 3. The molecule has 0 aliphatic carbocycles. The van der Waals surface area contributed by atoms with Crippen LogP contribution in [-0.2, 0) is 4.74 Å². The summed E-state index contributed by atoms with van der Waals surface area (Å²) in [7, 11) is 1.79. The molecule has 1 rings (SSSR count). The van der Waals surface area contributed by atoms with Gasteiger partial charge in [0.15, 0.2) is 0 Å². The molecule has 3 heteroatoms. The van der Waals surface area contributed by atoms with E-state index in [1.165, 1.54) is 38.8 Å². The normalized spacial score (nSPS) is 22.9. The summed E-state index contributed by atoms with van der Waals surface area (Å²) in [5.74, 6) is 0. The summed E-state index contributed by atoms with van der Waals surface area (Å²) in [6.07, 6.45) is 5.23. The lowest BCUT2D eigenvalue weighted by atomic mass is 10.1. The molecule has 16 heavy (non-hydrogen) atoms. The van der Waals surface area contributed by atoms with E-state index in [-0.39, 0.29) is 0 Å². The Morgan fingerprint density at radius 2 is 2.31 bits per heavy atom. The molecule has 1 fully saturated rings. The van der Waals surface area contributed by atoms with Crippen molar-refractivity contribution in [1.29, 1.82) is 0 Å². The molecule has 1 aliphatic rings. The molecular formula is C13H28N2O. The molecule has 2 unspecified atom stereocenters. The van der Waals surface area contributed by atoms with Gasteiger partial charge in [-0.2, -0.15) is 0 Å². The van der Waals surface area contributed by atoms with Crippen LogP contribution >= 0.6 is 0 Å². The number of nitrogens with one attached hydrogen (secondary N) is 1. The van der Waals surface area contributed by atoms with Crippen LogP contribution in [0.2, 0.25) is 0 Å². The molecule has 1 saturated heterocycles. The predicted octanol–water partition coefficient (Wildman–Crippen LogP) is 1.88. The van der Waals surface area contributed by atoms with Gasteiger partial charge in [0, 0.05) is 32.3 Å². The van der Waals surface area contributed by atoms with Gasteiger partial charge in [-0.25, -0.2) is 0 Å². The van der Waals surface area contributed by atoms with E-state index in [1.807, 2.05) is 0 Å². The number of nitrogens with zero attached hydrogens (tertiary/aromatic N) is 1. The molecule has 0 amide bonds. The molecule has 1 aliphatic heterocycles. The smallest absolute Gasteiger partial charge is 0.0589 e. The highest BCUT2D eigenvalue weighted by atomic mass is 16.5. The van der Waals surface area contributed by atoms with Crippen molar-refractivity contribution < 1.29 is 4.74 Å². The fourth-order valence-electron chi connectivity index (χ4n) is 2.50. The third kappa shape index (κ3) is 4.81. The minimum Gasteiger partial charge on any atom is -0.383 e. The lowest BCUT2D eigenvalue weighted by Crippen LogP contribution is -2.43. The SMILES string of the molecule is CCCC(C)N(CCOC)CC1CCCN1. The first kappa shape index (κ1) is 13.9. The van der Waals surface area contributed by atoms with Gasteiger partial charge in [-0.3, -0.25) is 4.90 Å². The van der Waals surface area contributed by atoms with Gasteiger partial charge in [0.2, 0.25) is 0 Å². The standard InChI is InChI=1S/C13H28N2O/c1-4-6-12(2)15(9-10-16-3)11-13-7-5-8-14-13/h12-14H,4-11H2,1-3H3. The van der Waals surface area contributed by atoms with Crippen LogP contribution in [0.5, 0.6) is 0 Å². The second kappa shape index (κ2) is 8.04. The van der Waals surface area contributed by atoms with Crippen LogP contribution in [0.1, 0.15) is 39.5 Å². The highest BCUT2D eigenvalue weighted by molar-refractivity contribution is 4.80. The number of hydrogen-bond donors (Lipinski definition) is 1. The summed E-state index contributed by atoms with van der Waals surface area (Å²) in [6.45, 7) is 8.90. The van der Waals surface area contributed by atoms with E-state index in [0.717, 1.165) is 13.2 Å². The number of methoxy groups -OCH3 is 1. The van der Waals surface area contributed by atoms with Crippen LogP contribution in [0.15, 0.2) is 0 Å². The van der Waals surface area contributed by atoms with Crippen molar-refractivity contribution in [2.24, 2.45) is 0 Å². The Morgan fingerprint density at radius 1 is 1.50 bits per heavy atom. The van der Waals surface area contributed by atoms with Gasteiger partial charge >= 0.3 is 0 Å². The minimum atomic E-state index is 0.683. The molecule has 0 aromatic carbocycles. The molecule has 2 atom stereocenters. The van der Waals surface area contributed by atoms with E-state index in [1.54, 1.807) is 7.11 Å². The number of rotatable bonds is 8. The second-order valence-electron chi connectivity index (χ2n) is 4.92. The lowest BCUT2D eigenvalue weighted by Gasteiger charge is -2.31. The van der Waals surface area contributed by atoms with E-state index in [2.05, 4.69) is 24.1 Å². The van der Waals surface area contributed by atoms with Crippen molar-refractivity contribution in [3.05, 3.63) is 0 Å². The zero-order valence-electron chi connectivity index (χ0n) is 11.2. The molecule has 1 N–H and O–H groups in total. The van der Waals surface area contributed by atoms with Crippen LogP contribution in [0.25, 0.3) is 0 Å². The summed E-state index contributed by atoms with van der Waals surface area (Å²) in [5.41, 5.74) is 0. The molecule has 0 bridgehead atoms. The second-order valence-corrected chi connectivity index (χ2v) is 4.92. The van der Waals surface area contributed by atoms with Gasteiger partial charge in [0.05, 0.1) is 6.61 Å². The van der Waals surface area contributed by atoms with Crippen LogP contribution in [-0.4, -0.2) is 50.3 Å². The van der Waals surface area contributed by atoms with Crippen molar-refractivity contribution in [3.8, 4) is 0 Å². The summed E-state index contributed by atoms with van der Waals surface area (Å²) in [5, 5.41) is 3.58. The van der Waals surface area contributed by atoms with Crippen LogP contribution in [0.3, 0.4) is 0 Å². The van der Waals surface area contributed by atoms with E-state index in [4.69, 9.17) is 4.74 Å². The lowest BCUT2D eigenvalue weighted by molar-refractivity contribution is 0.114. The average Bonchev–Trinajstić information content (AvgIpc) is 2.77. The molecule has 0 spiro atoms. The third-order valence-corrected chi connectivity index (χ3v) is 3.53. The first-order valence-electron chi connectivity index (χ1n) is 6.74. The number of ether oxygens (including phenoxy) is 1. The molecule has 3 nitrogen and oxygen atoms in total. The zero-order chi connectivity index (χ0) is 11.8. The maximum atomic E-state index is 5.20.